The monoisotopic (exact) mass is 476 g/mol. The van der Waals surface area contributed by atoms with Gasteiger partial charge in [0.2, 0.25) is 5.91 Å². The summed E-state index contributed by atoms with van der Waals surface area (Å²) in [5, 5.41) is 11.4. The van der Waals surface area contributed by atoms with Gasteiger partial charge >= 0.3 is 6.18 Å². The Hall–Kier alpha value is -3.14. The van der Waals surface area contributed by atoms with Gasteiger partial charge in [0, 0.05) is 57.8 Å². The number of piperidine rings is 1. The Morgan fingerprint density at radius 2 is 1.62 bits per heavy atom. The number of piperazine rings is 1. The van der Waals surface area contributed by atoms with Crippen LogP contribution in [-0.2, 0) is 17.5 Å². The Balaban J connectivity index is 1.32. The zero-order chi connectivity index (χ0) is 24.3. The van der Waals surface area contributed by atoms with Crippen molar-refractivity contribution in [3.8, 4) is 0 Å². The number of hydrogen-bond acceptors (Lipinski definition) is 5. The number of anilines is 1. The lowest BCUT2D eigenvalue weighted by Crippen LogP contribution is -2.51. The summed E-state index contributed by atoms with van der Waals surface area (Å²) in [6.45, 7) is 4.56. The van der Waals surface area contributed by atoms with Gasteiger partial charge in [-0.15, -0.1) is 0 Å². The van der Waals surface area contributed by atoms with Crippen LogP contribution in [0.5, 0.6) is 0 Å². The molecule has 2 aliphatic rings. The number of benzene rings is 2. The largest absolute Gasteiger partial charge is 0.416 e. The van der Waals surface area contributed by atoms with Crippen molar-refractivity contribution in [2.45, 2.75) is 25.6 Å². The highest BCUT2D eigenvalue weighted by molar-refractivity contribution is 5.79. The molecule has 7 nitrogen and oxygen atoms in total. The second-order valence-corrected chi connectivity index (χ2v) is 8.81. The predicted octanol–water partition coefficient (Wildman–Crippen LogP) is 4.17. The molecule has 2 aromatic carbocycles. The molecule has 0 saturated carbocycles. The average Bonchev–Trinajstić information content (AvgIpc) is 2.84. The number of amides is 1. The van der Waals surface area contributed by atoms with Crippen LogP contribution in [0.15, 0.2) is 48.5 Å². The van der Waals surface area contributed by atoms with Crippen LogP contribution in [0.1, 0.15) is 24.0 Å². The summed E-state index contributed by atoms with van der Waals surface area (Å²) in [7, 11) is 0. The van der Waals surface area contributed by atoms with E-state index in [4.69, 9.17) is 0 Å². The van der Waals surface area contributed by atoms with E-state index in [9.17, 15) is 28.1 Å². The van der Waals surface area contributed by atoms with Gasteiger partial charge in [-0.2, -0.15) is 13.2 Å². The molecule has 2 saturated heterocycles. The van der Waals surface area contributed by atoms with Crippen LogP contribution in [-0.4, -0.2) is 59.9 Å². The first-order valence-corrected chi connectivity index (χ1v) is 11.4. The number of carbonyl (C=O) groups excluding carboxylic acids is 1. The van der Waals surface area contributed by atoms with Crippen LogP contribution >= 0.6 is 0 Å². The second kappa shape index (κ2) is 10.0. The van der Waals surface area contributed by atoms with Crippen molar-refractivity contribution in [2.75, 3.05) is 44.2 Å². The average molecular weight is 476 g/mol. The van der Waals surface area contributed by atoms with Crippen LogP contribution in [0, 0.1) is 16.0 Å². The highest BCUT2D eigenvalue weighted by Gasteiger charge is 2.35. The molecule has 182 valence electrons. The van der Waals surface area contributed by atoms with Crippen molar-refractivity contribution < 1.29 is 22.9 Å². The van der Waals surface area contributed by atoms with Crippen LogP contribution in [0.25, 0.3) is 0 Å². The molecular weight excluding hydrogens is 449 g/mol. The quantitative estimate of drug-likeness (QED) is 0.479. The SMILES string of the molecule is O=C(C1CCN(c2ccc(C(F)(F)F)cc2[N+](=O)[O-])CC1)N1CCN(Cc2ccccc2)CC1. The van der Waals surface area contributed by atoms with Gasteiger partial charge in [-0.1, -0.05) is 30.3 Å². The fourth-order valence-electron chi connectivity index (χ4n) is 4.71. The number of carbonyl (C=O) groups is 1. The summed E-state index contributed by atoms with van der Waals surface area (Å²) in [5.41, 5.74) is -0.195. The van der Waals surface area contributed by atoms with Crippen molar-refractivity contribution in [3.05, 3.63) is 69.8 Å². The molecule has 0 bridgehead atoms. The number of halogens is 3. The summed E-state index contributed by atoms with van der Waals surface area (Å²) in [5.74, 6) is -0.0774. The van der Waals surface area contributed by atoms with E-state index in [1.807, 2.05) is 23.1 Å². The first-order chi connectivity index (χ1) is 16.2. The number of nitro benzene ring substituents is 1. The molecule has 2 fully saturated rings. The van der Waals surface area contributed by atoms with Crippen molar-refractivity contribution in [3.63, 3.8) is 0 Å². The minimum absolute atomic E-state index is 0.0981. The number of hydrogen-bond donors (Lipinski definition) is 0. The third kappa shape index (κ3) is 5.49. The standard InChI is InChI=1S/C24H27F3N4O3/c25-24(26,27)20-6-7-21(22(16-20)31(33)34)29-10-8-19(9-11-29)23(32)30-14-12-28(13-15-30)17-18-4-2-1-3-5-18/h1-7,16,19H,8-15,17H2. The summed E-state index contributed by atoms with van der Waals surface area (Å²) in [6.07, 6.45) is -3.61. The molecule has 0 spiro atoms. The summed E-state index contributed by atoms with van der Waals surface area (Å²) in [6, 6.07) is 12.8. The molecule has 2 aliphatic heterocycles. The molecule has 34 heavy (non-hydrogen) atoms. The van der Waals surface area contributed by atoms with E-state index in [-0.39, 0.29) is 17.5 Å². The molecular formula is C24H27F3N4O3. The lowest BCUT2D eigenvalue weighted by Gasteiger charge is -2.39. The van der Waals surface area contributed by atoms with E-state index in [1.165, 1.54) is 5.56 Å². The zero-order valence-corrected chi connectivity index (χ0v) is 18.7. The van der Waals surface area contributed by atoms with E-state index < -0.39 is 22.4 Å². The van der Waals surface area contributed by atoms with E-state index in [0.717, 1.165) is 31.8 Å². The molecule has 4 rings (SSSR count). The van der Waals surface area contributed by atoms with Crippen molar-refractivity contribution in [1.29, 1.82) is 0 Å². The van der Waals surface area contributed by atoms with Crippen LogP contribution in [0.4, 0.5) is 24.5 Å². The predicted molar refractivity (Wildman–Crippen MR) is 121 cm³/mol. The van der Waals surface area contributed by atoms with Crippen LogP contribution in [0.3, 0.4) is 0 Å². The molecule has 2 heterocycles. The Kier molecular flexibility index (Phi) is 7.06. The topological polar surface area (TPSA) is 69.9 Å². The fraction of sp³-hybridized carbons (Fsp3) is 0.458. The van der Waals surface area contributed by atoms with Gasteiger partial charge in [-0.3, -0.25) is 19.8 Å². The Morgan fingerprint density at radius 3 is 2.21 bits per heavy atom. The summed E-state index contributed by atoms with van der Waals surface area (Å²) >= 11 is 0. The Bertz CT molecular complexity index is 1020. The molecule has 0 aromatic heterocycles. The number of rotatable bonds is 5. The lowest BCUT2D eigenvalue weighted by molar-refractivity contribution is -0.384. The van der Waals surface area contributed by atoms with E-state index >= 15 is 0 Å². The molecule has 0 radical (unpaired) electrons. The van der Waals surface area contributed by atoms with Gasteiger partial charge in [0.05, 0.1) is 10.5 Å². The van der Waals surface area contributed by atoms with E-state index in [1.54, 1.807) is 4.90 Å². The van der Waals surface area contributed by atoms with Crippen LogP contribution < -0.4 is 4.90 Å². The molecule has 0 atom stereocenters. The van der Waals surface area contributed by atoms with Crippen LogP contribution in [0.2, 0.25) is 0 Å². The van der Waals surface area contributed by atoms with Crippen molar-refractivity contribution in [1.82, 2.24) is 9.80 Å². The summed E-state index contributed by atoms with van der Waals surface area (Å²) in [4.78, 5) is 29.6. The number of nitrogens with zero attached hydrogens (tertiary/aromatic N) is 4. The molecule has 10 heteroatoms. The van der Waals surface area contributed by atoms with Gasteiger partial charge in [0.25, 0.3) is 5.69 Å². The summed E-state index contributed by atoms with van der Waals surface area (Å²) < 4.78 is 38.9. The minimum atomic E-state index is -4.65. The zero-order valence-electron chi connectivity index (χ0n) is 18.7. The molecule has 0 N–H and O–H groups in total. The maximum absolute atomic E-state index is 13.0. The Labute approximate surface area is 195 Å². The normalized spacial score (nSPS) is 18.2. The Morgan fingerprint density at radius 1 is 0.971 bits per heavy atom. The lowest BCUT2D eigenvalue weighted by atomic mass is 9.94. The van der Waals surface area contributed by atoms with Gasteiger partial charge in [0.15, 0.2) is 0 Å². The highest BCUT2D eigenvalue weighted by atomic mass is 19.4. The second-order valence-electron chi connectivity index (χ2n) is 8.81. The third-order valence-corrected chi connectivity index (χ3v) is 6.62. The third-order valence-electron chi connectivity index (χ3n) is 6.62. The van der Waals surface area contributed by atoms with Gasteiger partial charge in [0.1, 0.15) is 5.69 Å². The number of alkyl halides is 3. The van der Waals surface area contributed by atoms with E-state index in [2.05, 4.69) is 17.0 Å². The first-order valence-electron chi connectivity index (χ1n) is 11.4. The minimum Gasteiger partial charge on any atom is -0.366 e. The maximum atomic E-state index is 13.0. The van der Waals surface area contributed by atoms with E-state index in [0.29, 0.717) is 45.1 Å². The van der Waals surface area contributed by atoms with Gasteiger partial charge in [-0.25, -0.2) is 0 Å². The highest BCUT2D eigenvalue weighted by Crippen LogP contribution is 2.37. The van der Waals surface area contributed by atoms with Crippen molar-refractivity contribution >= 4 is 17.3 Å². The first kappa shape index (κ1) is 24.0. The maximum Gasteiger partial charge on any atom is 0.416 e. The van der Waals surface area contributed by atoms with Gasteiger partial charge < -0.3 is 9.80 Å². The number of nitro groups is 1. The molecule has 0 aliphatic carbocycles. The molecule has 0 unspecified atom stereocenters. The smallest absolute Gasteiger partial charge is 0.366 e. The molecule has 1 amide bonds. The fourth-order valence-corrected chi connectivity index (χ4v) is 4.71. The van der Waals surface area contributed by atoms with Gasteiger partial charge in [-0.05, 0) is 30.5 Å². The van der Waals surface area contributed by atoms with Crippen molar-refractivity contribution in [2.24, 2.45) is 5.92 Å². The molecule has 2 aromatic rings.